The average molecular weight is 413 g/mol. The molecule has 1 amide bonds. The molecule has 0 atom stereocenters. The molecule has 4 rings (SSSR count). The molecule has 0 spiro atoms. The van der Waals surface area contributed by atoms with Crippen molar-refractivity contribution in [1.82, 2.24) is 5.32 Å². The number of rotatable bonds is 5. The zero-order valence-corrected chi connectivity index (χ0v) is 16.7. The van der Waals surface area contributed by atoms with Gasteiger partial charge in [0.1, 0.15) is 12.4 Å². The number of halogens is 1. The second-order valence-corrected chi connectivity index (χ2v) is 7.16. The van der Waals surface area contributed by atoms with E-state index in [2.05, 4.69) is 41.4 Å². The highest BCUT2D eigenvalue weighted by atomic mass is 19.1. The molecule has 5 heteroatoms. The molecule has 0 saturated heterocycles. The summed E-state index contributed by atoms with van der Waals surface area (Å²) in [5, 5.41) is 2.69. The van der Waals surface area contributed by atoms with E-state index in [-0.39, 0.29) is 18.1 Å². The van der Waals surface area contributed by atoms with Gasteiger partial charge in [-0.3, -0.25) is 4.79 Å². The monoisotopic (exact) mass is 413 g/mol. The standard InChI is InChI=1S/C26H20FNO3/c27-25-13-12-18(15-19(25)16-29)7-5-6-14-28-26(30)31-17-24-22-10-3-1-8-20(22)21-9-2-4-11-23(21)24/h1-4,8-13,15-16,24H,6,14,17H2,(H,28,30). The fourth-order valence-corrected chi connectivity index (χ4v) is 3.75. The van der Waals surface area contributed by atoms with Crippen molar-refractivity contribution >= 4 is 12.4 Å². The summed E-state index contributed by atoms with van der Waals surface area (Å²) in [5.41, 5.74) is 5.21. The largest absolute Gasteiger partial charge is 0.449 e. The Balaban J connectivity index is 1.29. The van der Waals surface area contributed by atoms with Gasteiger partial charge < -0.3 is 10.1 Å². The van der Waals surface area contributed by atoms with Crippen LogP contribution in [0.2, 0.25) is 0 Å². The van der Waals surface area contributed by atoms with Crippen molar-refractivity contribution in [3.8, 4) is 23.0 Å². The topological polar surface area (TPSA) is 55.4 Å². The van der Waals surface area contributed by atoms with E-state index in [1.807, 2.05) is 24.3 Å². The Kier molecular flexibility index (Phi) is 6.09. The molecule has 4 nitrogen and oxygen atoms in total. The first kappa shape index (κ1) is 20.4. The molecule has 1 aliphatic rings. The number of carbonyl (C=O) groups excluding carboxylic acids is 2. The molecular formula is C26H20FNO3. The fraction of sp³-hybridized carbons (Fsp3) is 0.154. The van der Waals surface area contributed by atoms with Crippen molar-refractivity contribution in [3.63, 3.8) is 0 Å². The second kappa shape index (κ2) is 9.27. The third kappa shape index (κ3) is 4.49. The molecule has 0 radical (unpaired) electrons. The highest BCUT2D eigenvalue weighted by Gasteiger charge is 2.28. The number of fused-ring (bicyclic) bond motifs is 3. The van der Waals surface area contributed by atoms with E-state index >= 15 is 0 Å². The first-order valence-electron chi connectivity index (χ1n) is 10.00. The van der Waals surface area contributed by atoms with E-state index in [4.69, 9.17) is 4.74 Å². The van der Waals surface area contributed by atoms with Gasteiger partial charge in [0.15, 0.2) is 6.29 Å². The van der Waals surface area contributed by atoms with Crippen LogP contribution in [0.5, 0.6) is 0 Å². The van der Waals surface area contributed by atoms with Crippen LogP contribution in [0.15, 0.2) is 66.7 Å². The molecule has 0 saturated carbocycles. The Labute approximate surface area is 180 Å². The molecule has 1 N–H and O–H groups in total. The molecule has 3 aromatic rings. The highest BCUT2D eigenvalue weighted by molar-refractivity contribution is 5.79. The van der Waals surface area contributed by atoms with E-state index < -0.39 is 11.9 Å². The van der Waals surface area contributed by atoms with Gasteiger partial charge in [0.05, 0.1) is 5.56 Å². The van der Waals surface area contributed by atoms with Crippen molar-refractivity contribution in [2.24, 2.45) is 0 Å². The van der Waals surface area contributed by atoms with Crippen molar-refractivity contribution in [3.05, 3.63) is 94.8 Å². The van der Waals surface area contributed by atoms with Crippen LogP contribution in [0.4, 0.5) is 9.18 Å². The van der Waals surface area contributed by atoms with E-state index in [9.17, 15) is 14.0 Å². The zero-order chi connectivity index (χ0) is 21.6. The van der Waals surface area contributed by atoms with Gasteiger partial charge in [-0.05, 0) is 40.5 Å². The van der Waals surface area contributed by atoms with Gasteiger partial charge >= 0.3 is 6.09 Å². The minimum Gasteiger partial charge on any atom is -0.449 e. The number of alkyl carbamates (subject to hydrolysis) is 1. The van der Waals surface area contributed by atoms with Gasteiger partial charge in [-0.15, -0.1) is 0 Å². The van der Waals surface area contributed by atoms with Gasteiger partial charge in [-0.2, -0.15) is 0 Å². The third-order valence-electron chi connectivity index (χ3n) is 5.22. The van der Waals surface area contributed by atoms with Crippen LogP contribution in [0, 0.1) is 17.7 Å². The van der Waals surface area contributed by atoms with Gasteiger partial charge in [0.25, 0.3) is 0 Å². The first-order valence-corrected chi connectivity index (χ1v) is 10.00. The van der Waals surface area contributed by atoms with Crippen molar-refractivity contribution < 1.29 is 18.7 Å². The number of hydrogen-bond acceptors (Lipinski definition) is 3. The molecule has 0 aromatic heterocycles. The third-order valence-corrected chi connectivity index (χ3v) is 5.22. The van der Waals surface area contributed by atoms with Gasteiger partial charge in [-0.25, -0.2) is 9.18 Å². The number of hydrogen-bond donors (Lipinski definition) is 1. The molecule has 0 heterocycles. The molecule has 0 bridgehead atoms. The Morgan fingerprint density at radius 3 is 2.39 bits per heavy atom. The molecular weight excluding hydrogens is 393 g/mol. The van der Waals surface area contributed by atoms with E-state index in [0.717, 1.165) is 11.1 Å². The molecule has 0 unspecified atom stereocenters. The predicted molar refractivity (Wildman–Crippen MR) is 116 cm³/mol. The minimum absolute atomic E-state index is 0.0171. The molecule has 154 valence electrons. The minimum atomic E-state index is -0.572. The zero-order valence-electron chi connectivity index (χ0n) is 16.7. The second-order valence-electron chi connectivity index (χ2n) is 7.16. The van der Waals surface area contributed by atoms with Crippen LogP contribution >= 0.6 is 0 Å². The summed E-state index contributed by atoms with van der Waals surface area (Å²) in [7, 11) is 0. The quantitative estimate of drug-likeness (QED) is 0.367. The number of carbonyl (C=O) groups is 2. The Morgan fingerprint density at radius 2 is 1.71 bits per heavy atom. The fourth-order valence-electron chi connectivity index (χ4n) is 3.75. The summed E-state index contributed by atoms with van der Waals surface area (Å²) >= 11 is 0. The lowest BCUT2D eigenvalue weighted by molar-refractivity contribution is 0.111. The normalized spacial score (nSPS) is 11.6. The van der Waals surface area contributed by atoms with Crippen LogP contribution in [-0.4, -0.2) is 25.5 Å². The SMILES string of the molecule is O=Cc1cc(C#CCCNC(=O)OCC2c3ccccc3-c3ccccc32)ccc1F. The maximum absolute atomic E-state index is 13.3. The molecule has 3 aromatic carbocycles. The number of nitrogens with one attached hydrogen (secondary N) is 1. The molecule has 31 heavy (non-hydrogen) atoms. The summed E-state index contributed by atoms with van der Waals surface area (Å²) in [4.78, 5) is 22.9. The van der Waals surface area contributed by atoms with Crippen molar-refractivity contribution in [2.75, 3.05) is 13.2 Å². The summed E-state index contributed by atoms with van der Waals surface area (Å²) in [5.74, 6) is 5.19. The average Bonchev–Trinajstić information content (AvgIpc) is 3.12. The Hall–Kier alpha value is -3.91. The maximum Gasteiger partial charge on any atom is 0.407 e. The van der Waals surface area contributed by atoms with Gasteiger partial charge in [-0.1, -0.05) is 60.4 Å². The molecule has 1 aliphatic carbocycles. The predicted octanol–water partition coefficient (Wildman–Crippen LogP) is 4.92. The van der Waals surface area contributed by atoms with Gasteiger partial charge in [0, 0.05) is 24.4 Å². The molecule has 0 fully saturated rings. The Bertz CT molecular complexity index is 1150. The summed E-state index contributed by atoms with van der Waals surface area (Å²) in [6, 6.07) is 20.5. The number of ether oxygens (including phenoxy) is 1. The van der Waals surface area contributed by atoms with Gasteiger partial charge in [0.2, 0.25) is 0 Å². The lowest BCUT2D eigenvalue weighted by Crippen LogP contribution is -2.26. The van der Waals surface area contributed by atoms with Crippen molar-refractivity contribution in [1.29, 1.82) is 0 Å². The summed E-state index contributed by atoms with van der Waals surface area (Å²) in [6.07, 6.45) is 0.366. The lowest BCUT2D eigenvalue weighted by atomic mass is 9.98. The van der Waals surface area contributed by atoms with Crippen LogP contribution < -0.4 is 5.32 Å². The smallest absolute Gasteiger partial charge is 0.407 e. The number of amides is 1. The highest BCUT2D eigenvalue weighted by Crippen LogP contribution is 2.44. The number of benzene rings is 3. The van der Waals surface area contributed by atoms with E-state index in [1.54, 1.807) is 0 Å². The van der Waals surface area contributed by atoms with E-state index in [0.29, 0.717) is 24.8 Å². The Morgan fingerprint density at radius 1 is 1.03 bits per heavy atom. The number of aldehydes is 1. The first-order chi connectivity index (χ1) is 15.2. The maximum atomic E-state index is 13.3. The van der Waals surface area contributed by atoms with Crippen LogP contribution in [0.1, 0.15) is 39.4 Å². The van der Waals surface area contributed by atoms with Crippen LogP contribution in [-0.2, 0) is 4.74 Å². The van der Waals surface area contributed by atoms with Crippen molar-refractivity contribution in [2.45, 2.75) is 12.3 Å². The summed E-state index contributed by atoms with van der Waals surface area (Å²) in [6.45, 7) is 0.584. The van der Waals surface area contributed by atoms with Crippen LogP contribution in [0.3, 0.4) is 0 Å². The van der Waals surface area contributed by atoms with Crippen LogP contribution in [0.25, 0.3) is 11.1 Å². The summed E-state index contributed by atoms with van der Waals surface area (Å²) < 4.78 is 18.8. The lowest BCUT2D eigenvalue weighted by Gasteiger charge is -2.14. The molecule has 0 aliphatic heterocycles. The van der Waals surface area contributed by atoms with E-state index in [1.165, 1.54) is 29.3 Å².